The van der Waals surface area contributed by atoms with Gasteiger partial charge >= 0.3 is 0 Å². The van der Waals surface area contributed by atoms with E-state index in [0.717, 1.165) is 19.4 Å². The van der Waals surface area contributed by atoms with Gasteiger partial charge in [0.25, 0.3) is 0 Å². The molecule has 0 saturated carbocycles. The molecular weight excluding hydrogens is 178 g/mol. The van der Waals surface area contributed by atoms with Crippen LogP contribution in [-0.4, -0.2) is 30.8 Å². The van der Waals surface area contributed by atoms with Gasteiger partial charge in [0, 0.05) is 0 Å². The highest BCUT2D eigenvalue weighted by atomic mass is 16.3. The Bertz CT molecular complexity index is 267. The number of ketones is 1. The Hall–Kier alpha value is -1.09. The number of unbranched alkanes of at least 4 members (excludes halogenated alkanes) is 1. The lowest BCUT2D eigenvalue weighted by molar-refractivity contribution is 0.0918. The summed E-state index contributed by atoms with van der Waals surface area (Å²) in [5.74, 6) is 0.502. The van der Waals surface area contributed by atoms with Crippen LogP contribution in [0.15, 0.2) is 22.8 Å². The zero-order chi connectivity index (χ0) is 10.4. The van der Waals surface area contributed by atoms with Crippen molar-refractivity contribution in [1.29, 1.82) is 0 Å². The number of carbonyl (C=O) groups is 1. The van der Waals surface area contributed by atoms with Gasteiger partial charge in [0.1, 0.15) is 0 Å². The molecule has 1 aromatic heterocycles. The second-order valence-corrected chi connectivity index (χ2v) is 3.49. The van der Waals surface area contributed by atoms with E-state index >= 15 is 0 Å². The highest BCUT2D eigenvalue weighted by Gasteiger charge is 2.10. The van der Waals surface area contributed by atoms with Gasteiger partial charge in [0.2, 0.25) is 5.78 Å². The second-order valence-electron chi connectivity index (χ2n) is 3.49. The van der Waals surface area contributed by atoms with Crippen molar-refractivity contribution in [3.8, 4) is 0 Å². The number of rotatable bonds is 6. The van der Waals surface area contributed by atoms with Crippen LogP contribution in [0.5, 0.6) is 0 Å². The largest absolute Gasteiger partial charge is 0.461 e. The van der Waals surface area contributed by atoms with Crippen LogP contribution in [0.4, 0.5) is 0 Å². The van der Waals surface area contributed by atoms with Gasteiger partial charge in [-0.2, -0.15) is 0 Å². The summed E-state index contributed by atoms with van der Waals surface area (Å²) in [4.78, 5) is 13.6. The topological polar surface area (TPSA) is 33.5 Å². The molecular formula is C11H17NO2. The van der Waals surface area contributed by atoms with Gasteiger partial charge in [-0.3, -0.25) is 9.69 Å². The van der Waals surface area contributed by atoms with Crippen molar-refractivity contribution in [3.05, 3.63) is 24.2 Å². The number of Topliss-reactive ketones (excluding diaryl/α,β-unsaturated/α-hetero) is 1. The summed E-state index contributed by atoms with van der Waals surface area (Å²) in [5.41, 5.74) is 0. The summed E-state index contributed by atoms with van der Waals surface area (Å²) in [6.45, 7) is 3.54. The molecule has 0 spiro atoms. The minimum absolute atomic E-state index is 0.0496. The number of hydrogen-bond donors (Lipinski definition) is 0. The van der Waals surface area contributed by atoms with Crippen LogP contribution in [0, 0.1) is 0 Å². The molecule has 3 nitrogen and oxygen atoms in total. The molecule has 0 amide bonds. The normalized spacial score (nSPS) is 10.8. The molecule has 0 saturated heterocycles. The molecule has 0 aromatic carbocycles. The molecule has 0 fully saturated rings. The first-order valence-electron chi connectivity index (χ1n) is 4.99. The van der Waals surface area contributed by atoms with E-state index in [0.29, 0.717) is 12.3 Å². The van der Waals surface area contributed by atoms with Gasteiger partial charge < -0.3 is 4.42 Å². The molecule has 0 aliphatic carbocycles. The van der Waals surface area contributed by atoms with E-state index in [9.17, 15) is 4.79 Å². The molecule has 14 heavy (non-hydrogen) atoms. The molecule has 0 unspecified atom stereocenters. The third kappa shape index (κ3) is 3.34. The van der Waals surface area contributed by atoms with Gasteiger partial charge in [-0.15, -0.1) is 0 Å². The zero-order valence-electron chi connectivity index (χ0n) is 8.82. The smallest absolute Gasteiger partial charge is 0.211 e. The molecule has 1 aromatic rings. The summed E-state index contributed by atoms with van der Waals surface area (Å²) in [7, 11) is 1.95. The van der Waals surface area contributed by atoms with Crippen molar-refractivity contribution in [2.45, 2.75) is 19.8 Å². The number of likely N-dealkylation sites (N-methyl/N-ethyl adjacent to an activating group) is 1. The Balaban J connectivity index is 2.34. The molecule has 0 aliphatic heterocycles. The predicted molar refractivity (Wildman–Crippen MR) is 55.4 cm³/mol. The van der Waals surface area contributed by atoms with E-state index in [-0.39, 0.29) is 5.78 Å². The lowest BCUT2D eigenvalue weighted by Gasteiger charge is -2.13. The number of furan rings is 1. The van der Waals surface area contributed by atoms with E-state index in [1.54, 1.807) is 12.1 Å². The minimum atomic E-state index is 0.0496. The van der Waals surface area contributed by atoms with E-state index in [2.05, 4.69) is 6.92 Å². The quantitative estimate of drug-likeness (QED) is 0.652. The van der Waals surface area contributed by atoms with Crippen molar-refractivity contribution in [3.63, 3.8) is 0 Å². The summed E-state index contributed by atoms with van der Waals surface area (Å²) in [6, 6.07) is 3.44. The summed E-state index contributed by atoms with van der Waals surface area (Å²) in [5, 5.41) is 0. The van der Waals surface area contributed by atoms with Gasteiger partial charge in [0.15, 0.2) is 5.76 Å². The first-order valence-corrected chi connectivity index (χ1v) is 4.99. The maximum Gasteiger partial charge on any atom is 0.211 e. The van der Waals surface area contributed by atoms with Crippen molar-refractivity contribution < 1.29 is 9.21 Å². The van der Waals surface area contributed by atoms with Crippen LogP contribution in [0.2, 0.25) is 0 Å². The summed E-state index contributed by atoms with van der Waals surface area (Å²) < 4.78 is 5.02. The lowest BCUT2D eigenvalue weighted by atomic mass is 10.2. The maximum absolute atomic E-state index is 11.5. The average Bonchev–Trinajstić information content (AvgIpc) is 2.67. The van der Waals surface area contributed by atoms with Crippen molar-refractivity contribution in [2.75, 3.05) is 20.1 Å². The average molecular weight is 195 g/mol. The molecule has 0 atom stereocenters. The molecule has 0 N–H and O–H groups in total. The standard InChI is InChI=1S/C11H17NO2/c1-3-4-7-12(2)9-10(13)11-6-5-8-14-11/h5-6,8H,3-4,7,9H2,1-2H3. The van der Waals surface area contributed by atoms with Gasteiger partial charge in [0.05, 0.1) is 12.8 Å². The summed E-state index contributed by atoms with van der Waals surface area (Å²) >= 11 is 0. The fourth-order valence-corrected chi connectivity index (χ4v) is 1.27. The van der Waals surface area contributed by atoms with Crippen molar-refractivity contribution in [1.82, 2.24) is 4.90 Å². The van der Waals surface area contributed by atoms with Gasteiger partial charge in [-0.1, -0.05) is 13.3 Å². The fraction of sp³-hybridized carbons (Fsp3) is 0.545. The molecule has 78 valence electrons. The van der Waals surface area contributed by atoms with Crippen molar-refractivity contribution in [2.24, 2.45) is 0 Å². The molecule has 3 heteroatoms. The Morgan fingerprint density at radius 1 is 1.57 bits per heavy atom. The Morgan fingerprint density at radius 2 is 2.36 bits per heavy atom. The number of hydrogen-bond acceptors (Lipinski definition) is 3. The molecule has 1 heterocycles. The molecule has 0 bridgehead atoms. The first-order chi connectivity index (χ1) is 6.74. The molecule has 1 rings (SSSR count). The first kappa shape index (κ1) is 11.0. The minimum Gasteiger partial charge on any atom is -0.461 e. The Kier molecular flexibility index (Phi) is 4.40. The van der Waals surface area contributed by atoms with E-state index in [4.69, 9.17) is 4.42 Å². The number of nitrogens with zero attached hydrogens (tertiary/aromatic N) is 1. The highest BCUT2D eigenvalue weighted by Crippen LogP contribution is 2.02. The predicted octanol–water partition coefficient (Wildman–Crippen LogP) is 2.19. The van der Waals surface area contributed by atoms with Crippen LogP contribution in [0.3, 0.4) is 0 Å². The van der Waals surface area contributed by atoms with Crippen LogP contribution in [0.25, 0.3) is 0 Å². The van der Waals surface area contributed by atoms with Crippen LogP contribution in [-0.2, 0) is 0 Å². The third-order valence-electron chi connectivity index (χ3n) is 2.10. The van der Waals surface area contributed by atoms with Crippen LogP contribution in [0.1, 0.15) is 30.3 Å². The third-order valence-corrected chi connectivity index (χ3v) is 2.10. The van der Waals surface area contributed by atoms with Crippen LogP contribution < -0.4 is 0 Å². The zero-order valence-corrected chi connectivity index (χ0v) is 8.82. The Morgan fingerprint density at radius 3 is 2.93 bits per heavy atom. The van der Waals surface area contributed by atoms with E-state index < -0.39 is 0 Å². The van der Waals surface area contributed by atoms with Crippen LogP contribution >= 0.6 is 0 Å². The fourth-order valence-electron chi connectivity index (χ4n) is 1.27. The van der Waals surface area contributed by atoms with E-state index in [1.165, 1.54) is 6.26 Å². The Labute approximate surface area is 84.7 Å². The highest BCUT2D eigenvalue weighted by molar-refractivity contribution is 5.94. The monoisotopic (exact) mass is 195 g/mol. The van der Waals surface area contributed by atoms with Gasteiger partial charge in [-0.05, 0) is 32.1 Å². The molecule has 0 radical (unpaired) electrons. The van der Waals surface area contributed by atoms with E-state index in [1.807, 2.05) is 11.9 Å². The molecule has 0 aliphatic rings. The van der Waals surface area contributed by atoms with Gasteiger partial charge in [-0.25, -0.2) is 0 Å². The summed E-state index contributed by atoms with van der Waals surface area (Å²) in [6.07, 6.45) is 3.81. The van der Waals surface area contributed by atoms with Crippen molar-refractivity contribution >= 4 is 5.78 Å². The maximum atomic E-state index is 11.5. The second kappa shape index (κ2) is 5.60. The number of carbonyl (C=O) groups excluding carboxylic acids is 1. The SMILES string of the molecule is CCCCN(C)CC(=O)c1ccco1. The lowest BCUT2D eigenvalue weighted by Crippen LogP contribution is -2.26.